The van der Waals surface area contributed by atoms with Crippen LogP contribution in [0.1, 0.15) is 233 Å². The topological polar surface area (TPSA) is 78.9 Å². The number of ether oxygens (including phenoxy) is 3. The largest absolute Gasteiger partial charge is 0.462 e. The van der Waals surface area contributed by atoms with Gasteiger partial charge in [0.15, 0.2) is 6.10 Å². The Bertz CT molecular complexity index is 1370. The first-order chi connectivity index (χ1) is 32.5. The molecule has 0 aliphatic carbocycles. The van der Waals surface area contributed by atoms with Gasteiger partial charge in [0.1, 0.15) is 13.2 Å². The molecule has 66 heavy (non-hydrogen) atoms. The molecule has 0 aromatic carbocycles. The molecule has 0 aliphatic heterocycles. The van der Waals surface area contributed by atoms with E-state index >= 15 is 0 Å². The number of esters is 3. The molecule has 1 atom stereocenters. The third-order valence-corrected chi connectivity index (χ3v) is 11.0. The van der Waals surface area contributed by atoms with Crippen molar-refractivity contribution in [3.63, 3.8) is 0 Å². The maximum atomic E-state index is 12.8. The number of hydrogen-bond donors (Lipinski definition) is 0. The van der Waals surface area contributed by atoms with E-state index in [1.807, 2.05) is 0 Å². The molecule has 0 amide bonds. The normalized spacial score (nSPS) is 13.0. The summed E-state index contributed by atoms with van der Waals surface area (Å²) in [6.45, 7) is 6.32. The maximum Gasteiger partial charge on any atom is 0.306 e. The summed E-state index contributed by atoms with van der Waals surface area (Å²) in [4.78, 5) is 38.0. The Labute approximate surface area is 406 Å². The van der Waals surface area contributed by atoms with Crippen LogP contribution < -0.4 is 0 Å². The number of carbonyl (C=O) groups is 3. The first-order valence-corrected chi connectivity index (χ1v) is 26.9. The summed E-state index contributed by atoms with van der Waals surface area (Å²) in [5.74, 6) is -1.01. The van der Waals surface area contributed by atoms with Crippen molar-refractivity contribution in [1.29, 1.82) is 0 Å². The summed E-state index contributed by atoms with van der Waals surface area (Å²) in [6, 6.07) is 0. The fourth-order valence-electron chi connectivity index (χ4n) is 7.02. The Morgan fingerprint density at radius 3 is 1.00 bits per heavy atom. The minimum absolute atomic E-state index is 0.114. The van der Waals surface area contributed by atoms with Crippen LogP contribution in [0.5, 0.6) is 0 Å². The van der Waals surface area contributed by atoms with E-state index in [2.05, 4.69) is 130 Å². The molecular weight excluding hydrogens is 817 g/mol. The zero-order chi connectivity index (χ0) is 47.9. The van der Waals surface area contributed by atoms with Crippen LogP contribution in [-0.2, 0) is 28.6 Å². The fourth-order valence-corrected chi connectivity index (χ4v) is 7.02. The second-order valence-electron chi connectivity index (χ2n) is 17.4. The molecule has 0 aromatic heterocycles. The minimum atomic E-state index is -0.823. The lowest BCUT2D eigenvalue weighted by Crippen LogP contribution is -2.30. The molecule has 374 valence electrons. The van der Waals surface area contributed by atoms with Gasteiger partial charge in [-0.3, -0.25) is 14.4 Å². The summed E-state index contributed by atoms with van der Waals surface area (Å²) in [6.07, 6.45) is 72.3. The highest BCUT2D eigenvalue weighted by Crippen LogP contribution is 2.13. The maximum absolute atomic E-state index is 12.8. The lowest BCUT2D eigenvalue weighted by Gasteiger charge is -2.18. The Hall–Kier alpha value is -3.93. The number of carbonyl (C=O) groups excluding carboxylic acids is 3. The van der Waals surface area contributed by atoms with Crippen LogP contribution >= 0.6 is 0 Å². The molecule has 0 aromatic rings. The van der Waals surface area contributed by atoms with Crippen molar-refractivity contribution in [3.8, 4) is 0 Å². The van der Waals surface area contributed by atoms with Crippen molar-refractivity contribution in [1.82, 2.24) is 0 Å². The van der Waals surface area contributed by atoms with Crippen LogP contribution in [0.15, 0.2) is 109 Å². The molecule has 0 N–H and O–H groups in total. The molecule has 0 saturated heterocycles. The molecule has 0 aliphatic rings. The monoisotopic (exact) mass is 915 g/mol. The Morgan fingerprint density at radius 2 is 0.606 bits per heavy atom. The van der Waals surface area contributed by atoms with Gasteiger partial charge in [-0.05, 0) is 116 Å². The molecule has 0 heterocycles. The summed E-state index contributed by atoms with van der Waals surface area (Å²) in [5.41, 5.74) is 0. The quantitative estimate of drug-likeness (QED) is 0.0262. The molecule has 0 saturated carbocycles. The number of rotatable bonds is 47. The molecule has 0 fully saturated rings. The molecule has 0 bridgehead atoms. The standard InChI is InChI=1S/C60H98O6/c1-4-7-10-13-16-19-22-25-27-29-31-32-35-38-41-44-47-50-53-59(62)65-56-57(55-64-58(61)52-49-46-43-40-37-34-24-21-18-15-12-9-6-3)66-60(63)54-51-48-45-42-39-36-33-30-28-26-23-20-17-14-11-8-5-2/h8-9,11-12,17-18,20-21,26-29,33-34,36-37,42,45,57H,4-7,10,13-16,19,22-25,30-32,35,38-41,43-44,46-56H2,1-3H3/b11-8-,12-9-,20-17-,21-18-,28-26-,29-27-,36-33-,37-34-,45-42-. The van der Waals surface area contributed by atoms with Crippen molar-refractivity contribution in [2.45, 2.75) is 239 Å². The van der Waals surface area contributed by atoms with Gasteiger partial charge in [-0.15, -0.1) is 0 Å². The second-order valence-corrected chi connectivity index (χ2v) is 17.4. The second kappa shape index (κ2) is 53.7. The van der Waals surface area contributed by atoms with Crippen LogP contribution in [0.4, 0.5) is 0 Å². The van der Waals surface area contributed by atoms with Gasteiger partial charge in [0.2, 0.25) is 0 Å². The molecule has 1 unspecified atom stereocenters. The van der Waals surface area contributed by atoms with Crippen molar-refractivity contribution in [2.24, 2.45) is 0 Å². The molecule has 6 nitrogen and oxygen atoms in total. The summed E-state index contributed by atoms with van der Waals surface area (Å²) >= 11 is 0. The highest BCUT2D eigenvalue weighted by molar-refractivity contribution is 5.71. The number of allylic oxidation sites excluding steroid dienone is 18. The van der Waals surface area contributed by atoms with Crippen LogP contribution in [0.3, 0.4) is 0 Å². The molecule has 0 rings (SSSR count). The first kappa shape index (κ1) is 62.1. The van der Waals surface area contributed by atoms with E-state index in [-0.39, 0.29) is 37.5 Å². The Morgan fingerprint density at radius 1 is 0.318 bits per heavy atom. The summed E-state index contributed by atoms with van der Waals surface area (Å²) < 4.78 is 16.7. The highest BCUT2D eigenvalue weighted by atomic mass is 16.6. The van der Waals surface area contributed by atoms with E-state index in [9.17, 15) is 14.4 Å². The number of unbranched alkanes of at least 4 members (excludes halogenated alkanes) is 18. The van der Waals surface area contributed by atoms with Gasteiger partial charge in [-0.2, -0.15) is 0 Å². The van der Waals surface area contributed by atoms with Gasteiger partial charge < -0.3 is 14.2 Å². The lowest BCUT2D eigenvalue weighted by molar-refractivity contribution is -0.167. The zero-order valence-corrected chi connectivity index (χ0v) is 42.7. The van der Waals surface area contributed by atoms with Gasteiger partial charge in [-0.25, -0.2) is 0 Å². The van der Waals surface area contributed by atoms with Crippen molar-refractivity contribution >= 4 is 17.9 Å². The van der Waals surface area contributed by atoms with E-state index in [1.54, 1.807) is 0 Å². The van der Waals surface area contributed by atoms with E-state index in [1.165, 1.54) is 83.5 Å². The third kappa shape index (κ3) is 51.1. The van der Waals surface area contributed by atoms with E-state index in [4.69, 9.17) is 14.2 Å². The van der Waals surface area contributed by atoms with E-state index < -0.39 is 6.10 Å². The average molecular weight is 915 g/mol. The SMILES string of the molecule is CC/C=C\C/C=C\C/C=C\C/C=C\C/C=C\CCCC(=O)OC(COC(=O)CCCCC/C=C\C/C=C\C/C=C\CC)COC(=O)CCCCCCCCC/C=C\CCCCCCCCC. The van der Waals surface area contributed by atoms with Crippen molar-refractivity contribution in [3.05, 3.63) is 109 Å². The minimum Gasteiger partial charge on any atom is -0.462 e. The summed E-state index contributed by atoms with van der Waals surface area (Å²) in [7, 11) is 0. The van der Waals surface area contributed by atoms with Gasteiger partial charge in [0.25, 0.3) is 0 Å². The van der Waals surface area contributed by atoms with Gasteiger partial charge in [0.05, 0.1) is 0 Å². The van der Waals surface area contributed by atoms with E-state index in [0.29, 0.717) is 19.3 Å². The molecule has 0 radical (unpaired) electrons. The van der Waals surface area contributed by atoms with Gasteiger partial charge in [0, 0.05) is 19.3 Å². The van der Waals surface area contributed by atoms with Crippen molar-refractivity contribution < 1.29 is 28.6 Å². The molecule has 6 heteroatoms. The van der Waals surface area contributed by atoms with Crippen molar-refractivity contribution in [2.75, 3.05) is 13.2 Å². The predicted octanol–water partition coefficient (Wildman–Crippen LogP) is 17.9. The Balaban J connectivity index is 4.51. The van der Waals surface area contributed by atoms with Crippen LogP contribution in [0.2, 0.25) is 0 Å². The van der Waals surface area contributed by atoms with Gasteiger partial charge >= 0.3 is 17.9 Å². The Kier molecular flexibility index (Phi) is 50.5. The average Bonchev–Trinajstić information content (AvgIpc) is 3.31. The van der Waals surface area contributed by atoms with Crippen LogP contribution in [0, 0.1) is 0 Å². The van der Waals surface area contributed by atoms with Gasteiger partial charge in [-0.1, -0.05) is 207 Å². The predicted molar refractivity (Wildman–Crippen MR) is 283 cm³/mol. The van der Waals surface area contributed by atoms with E-state index in [0.717, 1.165) is 103 Å². The lowest BCUT2D eigenvalue weighted by atomic mass is 10.1. The first-order valence-electron chi connectivity index (χ1n) is 26.9. The summed E-state index contributed by atoms with van der Waals surface area (Å²) in [5, 5.41) is 0. The highest BCUT2D eigenvalue weighted by Gasteiger charge is 2.19. The molecule has 0 spiro atoms. The van der Waals surface area contributed by atoms with Crippen LogP contribution in [-0.4, -0.2) is 37.2 Å². The zero-order valence-electron chi connectivity index (χ0n) is 42.7. The fraction of sp³-hybridized carbons (Fsp3) is 0.650. The molecular formula is C60H98O6. The number of hydrogen-bond acceptors (Lipinski definition) is 6. The third-order valence-electron chi connectivity index (χ3n) is 11.0. The smallest absolute Gasteiger partial charge is 0.306 e. The van der Waals surface area contributed by atoms with Crippen LogP contribution in [0.25, 0.3) is 0 Å².